The van der Waals surface area contributed by atoms with Crippen LogP contribution in [0, 0.1) is 5.92 Å². The zero-order chi connectivity index (χ0) is 15.2. The first-order valence-electron chi connectivity index (χ1n) is 7.97. The molecule has 114 valence electrons. The number of hydrogen-bond acceptors (Lipinski definition) is 2. The molecular formula is C18H27N3. The molecule has 1 aromatic carbocycles. The van der Waals surface area contributed by atoms with Gasteiger partial charge in [-0.1, -0.05) is 50.6 Å². The van der Waals surface area contributed by atoms with Gasteiger partial charge in [0.05, 0.1) is 0 Å². The van der Waals surface area contributed by atoms with E-state index in [4.69, 9.17) is 5.73 Å². The molecule has 1 aromatic heterocycles. The van der Waals surface area contributed by atoms with Gasteiger partial charge in [0.25, 0.3) is 0 Å². The Bertz CT molecular complexity index is 532. The van der Waals surface area contributed by atoms with E-state index in [0.29, 0.717) is 11.8 Å². The van der Waals surface area contributed by atoms with Gasteiger partial charge in [-0.3, -0.25) is 0 Å². The third-order valence-corrected chi connectivity index (χ3v) is 4.46. The van der Waals surface area contributed by atoms with Crippen LogP contribution in [0.1, 0.15) is 44.5 Å². The van der Waals surface area contributed by atoms with Gasteiger partial charge in [0.15, 0.2) is 0 Å². The van der Waals surface area contributed by atoms with Crippen LogP contribution in [0.5, 0.6) is 0 Å². The summed E-state index contributed by atoms with van der Waals surface area (Å²) in [6.07, 6.45) is 5.86. The summed E-state index contributed by atoms with van der Waals surface area (Å²) in [5.41, 5.74) is 7.93. The topological polar surface area (TPSA) is 43.8 Å². The summed E-state index contributed by atoms with van der Waals surface area (Å²) in [5.74, 6) is 2.03. The van der Waals surface area contributed by atoms with E-state index in [0.717, 1.165) is 25.2 Å². The third kappa shape index (κ3) is 3.73. The van der Waals surface area contributed by atoms with Crippen LogP contribution in [0.4, 0.5) is 0 Å². The highest BCUT2D eigenvalue weighted by atomic mass is 15.1. The molecule has 3 atom stereocenters. The molecule has 0 spiro atoms. The Kier molecular flexibility index (Phi) is 5.57. The Hall–Kier alpha value is -1.61. The largest absolute Gasteiger partial charge is 0.335 e. The van der Waals surface area contributed by atoms with E-state index in [9.17, 15) is 0 Å². The van der Waals surface area contributed by atoms with Crippen molar-refractivity contribution >= 4 is 0 Å². The SMILES string of the molecule is CCC(C)C(c1ccccc1)C(N)Cc1nccn1CC. The molecule has 0 aliphatic heterocycles. The highest BCUT2D eigenvalue weighted by Gasteiger charge is 2.26. The molecule has 0 saturated carbocycles. The second kappa shape index (κ2) is 7.41. The van der Waals surface area contributed by atoms with Gasteiger partial charge in [-0.2, -0.15) is 0 Å². The highest BCUT2D eigenvalue weighted by molar-refractivity contribution is 5.22. The molecule has 0 fully saturated rings. The minimum absolute atomic E-state index is 0.0926. The average molecular weight is 285 g/mol. The predicted molar refractivity (Wildman–Crippen MR) is 88.2 cm³/mol. The summed E-state index contributed by atoms with van der Waals surface area (Å²) in [4.78, 5) is 4.47. The van der Waals surface area contributed by atoms with Gasteiger partial charge in [0.1, 0.15) is 5.82 Å². The molecule has 2 aromatic rings. The summed E-state index contributed by atoms with van der Waals surface area (Å²) in [6, 6.07) is 10.8. The van der Waals surface area contributed by atoms with E-state index in [-0.39, 0.29) is 6.04 Å². The van der Waals surface area contributed by atoms with Crippen molar-refractivity contribution < 1.29 is 0 Å². The summed E-state index contributed by atoms with van der Waals surface area (Å²) in [6.45, 7) is 7.62. The van der Waals surface area contributed by atoms with Crippen LogP contribution < -0.4 is 5.73 Å². The van der Waals surface area contributed by atoms with Crippen LogP contribution in [0.3, 0.4) is 0 Å². The van der Waals surface area contributed by atoms with Crippen molar-refractivity contribution in [1.29, 1.82) is 0 Å². The summed E-state index contributed by atoms with van der Waals surface area (Å²) < 4.78 is 2.18. The van der Waals surface area contributed by atoms with Crippen molar-refractivity contribution in [3.05, 3.63) is 54.1 Å². The number of nitrogens with zero attached hydrogens (tertiary/aromatic N) is 2. The van der Waals surface area contributed by atoms with Gasteiger partial charge in [0.2, 0.25) is 0 Å². The van der Waals surface area contributed by atoms with E-state index in [1.54, 1.807) is 0 Å². The monoisotopic (exact) mass is 285 g/mol. The normalized spacial score (nSPS) is 15.6. The fraction of sp³-hybridized carbons (Fsp3) is 0.500. The van der Waals surface area contributed by atoms with Crippen LogP contribution in [-0.2, 0) is 13.0 Å². The number of nitrogens with two attached hydrogens (primary N) is 1. The molecule has 0 saturated heterocycles. The molecule has 1 heterocycles. The van der Waals surface area contributed by atoms with Crippen LogP contribution in [0.2, 0.25) is 0 Å². The maximum Gasteiger partial charge on any atom is 0.110 e. The molecular weight excluding hydrogens is 258 g/mol. The Morgan fingerprint density at radius 3 is 2.52 bits per heavy atom. The fourth-order valence-corrected chi connectivity index (χ4v) is 3.08. The summed E-state index contributed by atoms with van der Waals surface area (Å²) in [5, 5.41) is 0. The van der Waals surface area contributed by atoms with Crippen molar-refractivity contribution in [3.63, 3.8) is 0 Å². The molecule has 21 heavy (non-hydrogen) atoms. The van der Waals surface area contributed by atoms with E-state index < -0.39 is 0 Å². The lowest BCUT2D eigenvalue weighted by Crippen LogP contribution is -2.35. The number of aryl methyl sites for hydroxylation is 1. The minimum Gasteiger partial charge on any atom is -0.335 e. The zero-order valence-electron chi connectivity index (χ0n) is 13.4. The number of rotatable bonds is 7. The Morgan fingerprint density at radius 2 is 1.90 bits per heavy atom. The smallest absolute Gasteiger partial charge is 0.110 e. The predicted octanol–water partition coefficient (Wildman–Crippen LogP) is 3.60. The number of imidazole rings is 1. The first-order valence-corrected chi connectivity index (χ1v) is 7.97. The first kappa shape index (κ1) is 15.8. The van der Waals surface area contributed by atoms with Crippen molar-refractivity contribution in [3.8, 4) is 0 Å². The van der Waals surface area contributed by atoms with Gasteiger partial charge < -0.3 is 10.3 Å². The second-order valence-corrected chi connectivity index (χ2v) is 5.82. The Balaban J connectivity index is 2.21. The molecule has 3 unspecified atom stereocenters. The van der Waals surface area contributed by atoms with Crippen molar-refractivity contribution in [2.75, 3.05) is 0 Å². The number of aromatic nitrogens is 2. The van der Waals surface area contributed by atoms with Gasteiger partial charge in [-0.15, -0.1) is 0 Å². The van der Waals surface area contributed by atoms with Gasteiger partial charge in [-0.05, 0) is 18.4 Å². The zero-order valence-corrected chi connectivity index (χ0v) is 13.4. The highest BCUT2D eigenvalue weighted by Crippen LogP contribution is 2.30. The third-order valence-electron chi connectivity index (χ3n) is 4.46. The lowest BCUT2D eigenvalue weighted by molar-refractivity contribution is 0.374. The van der Waals surface area contributed by atoms with E-state index in [1.807, 2.05) is 12.4 Å². The number of benzene rings is 1. The Labute approximate surface area is 128 Å². The van der Waals surface area contributed by atoms with Gasteiger partial charge in [-0.25, -0.2) is 4.98 Å². The van der Waals surface area contributed by atoms with Crippen LogP contribution in [0.25, 0.3) is 0 Å². The lowest BCUT2D eigenvalue weighted by Gasteiger charge is -2.29. The fourth-order valence-electron chi connectivity index (χ4n) is 3.08. The van der Waals surface area contributed by atoms with Crippen molar-refractivity contribution in [2.24, 2.45) is 11.7 Å². The molecule has 0 radical (unpaired) electrons. The van der Waals surface area contributed by atoms with Crippen molar-refractivity contribution in [1.82, 2.24) is 9.55 Å². The van der Waals surface area contributed by atoms with Crippen LogP contribution >= 0.6 is 0 Å². The van der Waals surface area contributed by atoms with Crippen LogP contribution in [-0.4, -0.2) is 15.6 Å². The Morgan fingerprint density at radius 1 is 1.19 bits per heavy atom. The summed E-state index contributed by atoms with van der Waals surface area (Å²) in [7, 11) is 0. The molecule has 2 N–H and O–H groups in total. The van der Waals surface area contributed by atoms with E-state index in [2.05, 4.69) is 60.7 Å². The maximum absolute atomic E-state index is 6.59. The van der Waals surface area contributed by atoms with Crippen molar-refractivity contribution in [2.45, 2.75) is 52.1 Å². The second-order valence-electron chi connectivity index (χ2n) is 5.82. The molecule has 3 nitrogen and oxygen atoms in total. The van der Waals surface area contributed by atoms with Crippen LogP contribution in [0.15, 0.2) is 42.7 Å². The summed E-state index contributed by atoms with van der Waals surface area (Å²) >= 11 is 0. The average Bonchev–Trinajstić information content (AvgIpc) is 2.95. The number of hydrogen-bond donors (Lipinski definition) is 1. The van der Waals surface area contributed by atoms with E-state index in [1.165, 1.54) is 5.56 Å². The van der Waals surface area contributed by atoms with E-state index >= 15 is 0 Å². The lowest BCUT2D eigenvalue weighted by atomic mass is 9.79. The minimum atomic E-state index is 0.0926. The molecule has 3 heteroatoms. The molecule has 0 aliphatic rings. The molecule has 0 aliphatic carbocycles. The maximum atomic E-state index is 6.59. The molecule has 2 rings (SSSR count). The van der Waals surface area contributed by atoms with Gasteiger partial charge >= 0.3 is 0 Å². The molecule has 0 amide bonds. The van der Waals surface area contributed by atoms with Gasteiger partial charge in [0, 0.05) is 37.3 Å². The first-order chi connectivity index (χ1) is 10.2. The standard InChI is InChI=1S/C18H27N3/c1-4-14(3)18(15-9-7-6-8-10-15)16(19)13-17-20-11-12-21(17)5-2/h6-12,14,16,18H,4-5,13,19H2,1-3H3. The molecule has 0 bridgehead atoms. The quantitative estimate of drug-likeness (QED) is 0.844.